The Morgan fingerprint density at radius 3 is 2.37 bits per heavy atom. The number of benzene rings is 2. The van der Waals surface area contributed by atoms with Crippen molar-refractivity contribution >= 4 is 5.69 Å². The van der Waals surface area contributed by atoms with E-state index in [0.717, 1.165) is 5.56 Å². The van der Waals surface area contributed by atoms with Crippen LogP contribution in [0.2, 0.25) is 0 Å². The minimum Gasteiger partial charge on any atom is -0.508 e. The van der Waals surface area contributed by atoms with E-state index in [0.29, 0.717) is 5.56 Å². The molecule has 2 aromatic carbocycles. The molecule has 0 amide bonds. The molecule has 2 N–H and O–H groups in total. The number of hydrogen-bond acceptors (Lipinski definition) is 2. The maximum absolute atomic E-state index is 13.5. The first-order chi connectivity index (χ1) is 8.99. The second-order valence-electron chi connectivity index (χ2n) is 4.52. The Morgan fingerprint density at radius 1 is 1.11 bits per heavy atom. The molecule has 0 spiro atoms. The third-order valence-corrected chi connectivity index (χ3v) is 2.97. The van der Waals surface area contributed by atoms with Gasteiger partial charge in [0.25, 0.3) is 0 Å². The number of rotatable bonds is 3. The lowest BCUT2D eigenvalue weighted by atomic mass is 10.0. The molecule has 0 bridgehead atoms. The zero-order valence-electron chi connectivity index (χ0n) is 10.7. The molecule has 0 saturated heterocycles. The fourth-order valence-electron chi connectivity index (χ4n) is 1.95. The van der Waals surface area contributed by atoms with Crippen molar-refractivity contribution in [3.8, 4) is 5.75 Å². The average molecular weight is 263 g/mol. The molecule has 0 aliphatic carbocycles. The van der Waals surface area contributed by atoms with Gasteiger partial charge in [-0.2, -0.15) is 0 Å². The van der Waals surface area contributed by atoms with Gasteiger partial charge in [-0.25, -0.2) is 8.78 Å². The molecule has 2 nitrogen and oxygen atoms in total. The van der Waals surface area contributed by atoms with Crippen LogP contribution in [0, 0.1) is 18.6 Å². The predicted molar refractivity (Wildman–Crippen MR) is 71.2 cm³/mol. The van der Waals surface area contributed by atoms with Crippen molar-refractivity contribution in [1.29, 1.82) is 0 Å². The van der Waals surface area contributed by atoms with Crippen molar-refractivity contribution in [2.24, 2.45) is 0 Å². The molecule has 100 valence electrons. The Hall–Kier alpha value is -2.10. The van der Waals surface area contributed by atoms with E-state index in [1.807, 2.05) is 6.92 Å². The van der Waals surface area contributed by atoms with Crippen LogP contribution in [0.15, 0.2) is 36.4 Å². The number of anilines is 1. The highest BCUT2D eigenvalue weighted by molar-refractivity contribution is 5.50. The summed E-state index contributed by atoms with van der Waals surface area (Å²) in [7, 11) is 0. The highest BCUT2D eigenvalue weighted by Crippen LogP contribution is 2.29. The van der Waals surface area contributed by atoms with Crippen LogP contribution in [0.4, 0.5) is 14.5 Å². The summed E-state index contributed by atoms with van der Waals surface area (Å²) in [5.74, 6) is -1.21. The Morgan fingerprint density at radius 2 is 1.74 bits per heavy atom. The monoisotopic (exact) mass is 263 g/mol. The fraction of sp³-hybridized carbons (Fsp3) is 0.200. The van der Waals surface area contributed by atoms with Crippen molar-refractivity contribution in [2.45, 2.75) is 19.9 Å². The van der Waals surface area contributed by atoms with Crippen LogP contribution in [-0.2, 0) is 0 Å². The van der Waals surface area contributed by atoms with Gasteiger partial charge in [0, 0.05) is 5.56 Å². The topological polar surface area (TPSA) is 32.3 Å². The number of phenolic OH excluding ortho intramolecular Hbond substituents is 1. The molecule has 0 radical (unpaired) electrons. The van der Waals surface area contributed by atoms with Gasteiger partial charge < -0.3 is 10.4 Å². The van der Waals surface area contributed by atoms with E-state index in [4.69, 9.17) is 0 Å². The van der Waals surface area contributed by atoms with Gasteiger partial charge in [0.1, 0.15) is 23.1 Å². The summed E-state index contributed by atoms with van der Waals surface area (Å²) >= 11 is 0. The molecule has 4 heteroatoms. The molecule has 1 unspecified atom stereocenters. The van der Waals surface area contributed by atoms with Gasteiger partial charge in [-0.05, 0) is 32.0 Å². The summed E-state index contributed by atoms with van der Waals surface area (Å²) in [6, 6.07) is 8.40. The van der Waals surface area contributed by atoms with Crippen LogP contribution in [0.3, 0.4) is 0 Å². The van der Waals surface area contributed by atoms with Gasteiger partial charge in [-0.15, -0.1) is 0 Å². The lowest BCUT2D eigenvalue weighted by Gasteiger charge is -2.18. The second-order valence-corrected chi connectivity index (χ2v) is 4.52. The molecule has 1 atom stereocenters. The second kappa shape index (κ2) is 5.26. The largest absolute Gasteiger partial charge is 0.508 e. The Bertz CT molecular complexity index is 578. The van der Waals surface area contributed by atoms with Crippen molar-refractivity contribution in [3.63, 3.8) is 0 Å². The van der Waals surface area contributed by atoms with Crippen LogP contribution >= 0.6 is 0 Å². The standard InChI is InChI=1S/C15H15F2NO/c1-9-6-7-14(19)11(8-9)10(2)18-15-12(16)4-3-5-13(15)17/h3-8,10,18-19H,1-2H3. The van der Waals surface area contributed by atoms with Crippen LogP contribution in [0.25, 0.3) is 0 Å². The van der Waals surface area contributed by atoms with Crippen LogP contribution < -0.4 is 5.32 Å². The first kappa shape index (κ1) is 13.3. The van der Waals surface area contributed by atoms with Crippen molar-refractivity contribution < 1.29 is 13.9 Å². The van der Waals surface area contributed by atoms with E-state index in [-0.39, 0.29) is 11.4 Å². The summed E-state index contributed by atoms with van der Waals surface area (Å²) in [5.41, 5.74) is 1.38. The van der Waals surface area contributed by atoms with Gasteiger partial charge in [0.2, 0.25) is 0 Å². The van der Waals surface area contributed by atoms with Crippen molar-refractivity contribution in [1.82, 2.24) is 0 Å². The highest BCUT2D eigenvalue weighted by Gasteiger charge is 2.15. The molecular formula is C15H15F2NO. The van der Waals surface area contributed by atoms with E-state index in [1.165, 1.54) is 18.2 Å². The molecule has 0 aliphatic rings. The normalized spacial score (nSPS) is 12.2. The summed E-state index contributed by atoms with van der Waals surface area (Å²) < 4.78 is 27.1. The lowest BCUT2D eigenvalue weighted by Crippen LogP contribution is -2.10. The predicted octanol–water partition coefficient (Wildman–Crippen LogP) is 4.15. The Labute approximate surface area is 110 Å². The Kier molecular flexibility index (Phi) is 3.69. The molecule has 0 saturated carbocycles. The fourth-order valence-corrected chi connectivity index (χ4v) is 1.95. The zero-order valence-corrected chi connectivity index (χ0v) is 10.7. The molecule has 0 aliphatic heterocycles. The molecule has 2 aromatic rings. The number of nitrogens with one attached hydrogen (secondary N) is 1. The highest BCUT2D eigenvalue weighted by atomic mass is 19.1. The smallest absolute Gasteiger partial charge is 0.149 e. The Balaban J connectivity index is 2.31. The summed E-state index contributed by atoms with van der Waals surface area (Å²) in [6.45, 7) is 3.62. The van der Waals surface area contributed by atoms with Crippen LogP contribution in [0.1, 0.15) is 24.1 Å². The third kappa shape index (κ3) is 2.84. The number of halogens is 2. The van der Waals surface area contributed by atoms with E-state index in [2.05, 4.69) is 5.32 Å². The zero-order chi connectivity index (χ0) is 14.0. The number of para-hydroxylation sites is 1. The van der Waals surface area contributed by atoms with Crippen molar-refractivity contribution in [2.75, 3.05) is 5.32 Å². The minimum atomic E-state index is -0.654. The van der Waals surface area contributed by atoms with E-state index < -0.39 is 17.7 Å². The molecule has 0 heterocycles. The van der Waals surface area contributed by atoms with E-state index in [9.17, 15) is 13.9 Å². The first-order valence-corrected chi connectivity index (χ1v) is 5.99. The average Bonchev–Trinajstić information content (AvgIpc) is 2.37. The third-order valence-electron chi connectivity index (χ3n) is 2.97. The molecule has 19 heavy (non-hydrogen) atoms. The number of aromatic hydroxyl groups is 1. The van der Waals surface area contributed by atoms with E-state index >= 15 is 0 Å². The van der Waals surface area contributed by atoms with Gasteiger partial charge in [0.05, 0.1) is 6.04 Å². The quantitative estimate of drug-likeness (QED) is 0.871. The van der Waals surface area contributed by atoms with Gasteiger partial charge >= 0.3 is 0 Å². The summed E-state index contributed by atoms with van der Waals surface area (Å²) in [4.78, 5) is 0. The summed E-state index contributed by atoms with van der Waals surface area (Å²) in [5, 5.41) is 12.5. The minimum absolute atomic E-state index is 0.0994. The summed E-state index contributed by atoms with van der Waals surface area (Å²) in [6.07, 6.45) is 0. The van der Waals surface area contributed by atoms with Crippen LogP contribution in [-0.4, -0.2) is 5.11 Å². The maximum atomic E-state index is 13.5. The SMILES string of the molecule is Cc1ccc(O)c(C(C)Nc2c(F)cccc2F)c1. The van der Waals surface area contributed by atoms with Crippen LogP contribution in [0.5, 0.6) is 5.75 Å². The number of hydrogen-bond donors (Lipinski definition) is 2. The first-order valence-electron chi connectivity index (χ1n) is 5.99. The van der Waals surface area contributed by atoms with E-state index in [1.54, 1.807) is 25.1 Å². The van der Waals surface area contributed by atoms with Gasteiger partial charge in [-0.3, -0.25) is 0 Å². The number of phenols is 1. The molecule has 0 aromatic heterocycles. The molecule has 2 rings (SSSR count). The molecule has 0 fully saturated rings. The lowest BCUT2D eigenvalue weighted by molar-refractivity contribution is 0.465. The maximum Gasteiger partial charge on any atom is 0.149 e. The van der Waals surface area contributed by atoms with Gasteiger partial charge in [0.15, 0.2) is 0 Å². The van der Waals surface area contributed by atoms with Gasteiger partial charge in [-0.1, -0.05) is 23.8 Å². The number of aryl methyl sites for hydroxylation is 1. The molecular weight excluding hydrogens is 248 g/mol. The van der Waals surface area contributed by atoms with Crippen molar-refractivity contribution in [3.05, 3.63) is 59.2 Å².